The van der Waals surface area contributed by atoms with Crippen molar-refractivity contribution < 1.29 is 10.0 Å². The number of nitrogens with two attached hydrogens (primary N) is 1. The fourth-order valence-corrected chi connectivity index (χ4v) is 1.75. The molecule has 0 atom stereocenters. The summed E-state index contributed by atoms with van der Waals surface area (Å²) in [6.07, 6.45) is 0. The largest absolute Gasteiger partial charge is 0.409 e. The number of benzene rings is 1. The minimum absolute atomic E-state index is 0.0765. The van der Waals surface area contributed by atoms with Crippen LogP contribution in [0.5, 0.6) is 0 Å². The summed E-state index contributed by atoms with van der Waals surface area (Å²) < 4.78 is 0.760. The number of hydrogen-bond acceptors (Lipinski definition) is 3. The van der Waals surface area contributed by atoms with Crippen molar-refractivity contribution in [3.63, 3.8) is 0 Å². The quantitative estimate of drug-likeness (QED) is 0.290. The maximum atomic E-state index is 11.8. The van der Waals surface area contributed by atoms with Gasteiger partial charge in [0, 0.05) is 15.6 Å². The van der Waals surface area contributed by atoms with Gasteiger partial charge in [0.25, 0.3) is 0 Å². The summed E-state index contributed by atoms with van der Waals surface area (Å²) in [5.74, 6) is -0.0765. The molecular weight excluding hydrogens is 312 g/mol. The van der Waals surface area contributed by atoms with Gasteiger partial charge in [-0.2, -0.15) is 0 Å². The Labute approximate surface area is 120 Å². The van der Waals surface area contributed by atoms with Gasteiger partial charge in [-0.1, -0.05) is 21.1 Å². The Bertz CT molecular complexity index is 509. The van der Waals surface area contributed by atoms with Gasteiger partial charge < -0.3 is 21.6 Å². The van der Waals surface area contributed by atoms with E-state index < -0.39 is 0 Å². The number of carbonyl (C=O) groups is 1. The van der Waals surface area contributed by atoms with Crippen molar-refractivity contribution in [3.05, 3.63) is 28.2 Å². The summed E-state index contributed by atoms with van der Waals surface area (Å²) in [5, 5.41) is 17.1. The van der Waals surface area contributed by atoms with E-state index in [0.29, 0.717) is 11.3 Å². The zero-order chi connectivity index (χ0) is 14.6. The number of anilines is 1. The zero-order valence-corrected chi connectivity index (χ0v) is 12.6. The standard InChI is InChI=1S/C12H17BrN4O2/c1-12(2,3)16-11(18)15-9-5-4-7(13)6-8(9)10(14)17-19/h4-6,19H,1-3H3,(H2,14,17)(H2,15,16,18). The van der Waals surface area contributed by atoms with Crippen LogP contribution in [0.3, 0.4) is 0 Å². The highest BCUT2D eigenvalue weighted by molar-refractivity contribution is 9.10. The molecule has 0 aliphatic carbocycles. The van der Waals surface area contributed by atoms with E-state index in [1.54, 1.807) is 18.2 Å². The van der Waals surface area contributed by atoms with Crippen molar-refractivity contribution in [3.8, 4) is 0 Å². The molecule has 0 unspecified atom stereocenters. The van der Waals surface area contributed by atoms with Crippen LogP contribution in [-0.4, -0.2) is 22.6 Å². The van der Waals surface area contributed by atoms with Crippen LogP contribution in [0.15, 0.2) is 27.8 Å². The second-order valence-corrected chi connectivity index (χ2v) is 5.92. The van der Waals surface area contributed by atoms with Crippen molar-refractivity contribution in [2.75, 3.05) is 5.32 Å². The van der Waals surface area contributed by atoms with E-state index in [2.05, 4.69) is 31.7 Å². The Morgan fingerprint density at radius 1 is 1.42 bits per heavy atom. The van der Waals surface area contributed by atoms with Gasteiger partial charge in [-0.25, -0.2) is 4.79 Å². The normalized spacial score (nSPS) is 12.1. The van der Waals surface area contributed by atoms with Gasteiger partial charge in [0.15, 0.2) is 5.84 Å². The molecular formula is C12H17BrN4O2. The van der Waals surface area contributed by atoms with Gasteiger partial charge in [-0.15, -0.1) is 0 Å². The Kier molecular flexibility index (Phi) is 4.77. The highest BCUT2D eigenvalue weighted by Crippen LogP contribution is 2.21. The minimum Gasteiger partial charge on any atom is -0.409 e. The van der Waals surface area contributed by atoms with Gasteiger partial charge in [0.05, 0.1) is 5.69 Å². The lowest BCUT2D eigenvalue weighted by molar-refractivity contribution is 0.244. The molecule has 0 fully saturated rings. The first-order valence-corrected chi connectivity index (χ1v) is 6.39. The molecule has 19 heavy (non-hydrogen) atoms. The molecule has 1 rings (SSSR count). The molecule has 0 saturated carbocycles. The highest BCUT2D eigenvalue weighted by Gasteiger charge is 2.16. The van der Waals surface area contributed by atoms with Gasteiger partial charge >= 0.3 is 6.03 Å². The fraction of sp³-hybridized carbons (Fsp3) is 0.333. The van der Waals surface area contributed by atoms with E-state index >= 15 is 0 Å². The van der Waals surface area contributed by atoms with E-state index in [0.717, 1.165) is 4.47 Å². The molecule has 1 aromatic rings. The molecule has 0 aliphatic rings. The number of halogens is 1. The molecule has 0 radical (unpaired) electrons. The maximum Gasteiger partial charge on any atom is 0.319 e. The Balaban J connectivity index is 2.98. The first-order valence-electron chi connectivity index (χ1n) is 5.59. The summed E-state index contributed by atoms with van der Waals surface area (Å²) in [6, 6.07) is 4.71. The number of oxime groups is 1. The fourth-order valence-electron chi connectivity index (χ4n) is 1.39. The lowest BCUT2D eigenvalue weighted by Crippen LogP contribution is -2.43. The Morgan fingerprint density at radius 2 is 2.05 bits per heavy atom. The van der Waals surface area contributed by atoms with E-state index in [9.17, 15) is 4.79 Å². The number of carbonyl (C=O) groups excluding carboxylic acids is 1. The SMILES string of the molecule is CC(C)(C)NC(=O)Nc1ccc(Br)cc1/C(N)=N/O. The van der Waals surface area contributed by atoms with Gasteiger partial charge in [0.1, 0.15) is 0 Å². The molecule has 1 aromatic carbocycles. The first-order chi connectivity index (χ1) is 8.73. The van der Waals surface area contributed by atoms with Gasteiger partial charge in [-0.05, 0) is 39.0 Å². The van der Waals surface area contributed by atoms with Gasteiger partial charge in [-0.3, -0.25) is 0 Å². The third kappa shape index (κ3) is 4.78. The van der Waals surface area contributed by atoms with Crippen LogP contribution >= 0.6 is 15.9 Å². The number of urea groups is 1. The Hall–Kier alpha value is -1.76. The average Bonchev–Trinajstić information content (AvgIpc) is 2.28. The summed E-state index contributed by atoms with van der Waals surface area (Å²) in [6.45, 7) is 5.62. The van der Waals surface area contributed by atoms with Crippen molar-refractivity contribution in [1.29, 1.82) is 0 Å². The van der Waals surface area contributed by atoms with Crippen LogP contribution < -0.4 is 16.4 Å². The molecule has 0 aromatic heterocycles. The smallest absolute Gasteiger partial charge is 0.319 e. The molecule has 104 valence electrons. The van der Waals surface area contributed by atoms with Crippen LogP contribution in [0, 0.1) is 0 Å². The maximum absolute atomic E-state index is 11.8. The number of amidine groups is 1. The van der Waals surface area contributed by atoms with E-state index in [4.69, 9.17) is 10.9 Å². The summed E-state index contributed by atoms with van der Waals surface area (Å²) in [5.41, 5.74) is 6.11. The monoisotopic (exact) mass is 328 g/mol. The van der Waals surface area contributed by atoms with E-state index in [1.807, 2.05) is 20.8 Å². The van der Waals surface area contributed by atoms with Crippen LogP contribution in [0.4, 0.5) is 10.5 Å². The molecule has 7 heteroatoms. The number of amides is 2. The summed E-state index contributed by atoms with van der Waals surface area (Å²) in [7, 11) is 0. The van der Waals surface area contributed by atoms with Gasteiger partial charge in [0.2, 0.25) is 0 Å². The molecule has 2 amide bonds. The van der Waals surface area contributed by atoms with Crippen LogP contribution in [0.25, 0.3) is 0 Å². The molecule has 6 nitrogen and oxygen atoms in total. The zero-order valence-electron chi connectivity index (χ0n) is 11.0. The third-order valence-electron chi connectivity index (χ3n) is 2.10. The van der Waals surface area contributed by atoms with Crippen molar-refractivity contribution >= 4 is 33.5 Å². The molecule has 0 saturated heterocycles. The molecule has 0 aliphatic heterocycles. The molecule has 0 heterocycles. The summed E-state index contributed by atoms with van der Waals surface area (Å²) in [4.78, 5) is 11.8. The highest BCUT2D eigenvalue weighted by atomic mass is 79.9. The molecule has 5 N–H and O–H groups in total. The second kappa shape index (κ2) is 5.92. The van der Waals surface area contributed by atoms with Crippen LogP contribution in [0.2, 0.25) is 0 Å². The number of nitrogens with one attached hydrogen (secondary N) is 2. The lowest BCUT2D eigenvalue weighted by atomic mass is 10.1. The first kappa shape index (κ1) is 15.3. The van der Waals surface area contributed by atoms with E-state index in [1.165, 1.54) is 0 Å². The van der Waals surface area contributed by atoms with Crippen LogP contribution in [0.1, 0.15) is 26.3 Å². The van der Waals surface area contributed by atoms with E-state index in [-0.39, 0.29) is 17.4 Å². The molecule has 0 spiro atoms. The summed E-state index contributed by atoms with van der Waals surface area (Å²) >= 11 is 3.29. The van der Waals surface area contributed by atoms with Crippen molar-refractivity contribution in [2.45, 2.75) is 26.3 Å². The second-order valence-electron chi connectivity index (χ2n) is 5.00. The van der Waals surface area contributed by atoms with Crippen molar-refractivity contribution in [2.24, 2.45) is 10.9 Å². The lowest BCUT2D eigenvalue weighted by Gasteiger charge is -2.21. The predicted octanol–water partition coefficient (Wildman–Crippen LogP) is 2.46. The Morgan fingerprint density at radius 3 is 2.58 bits per heavy atom. The molecule has 0 bridgehead atoms. The van der Waals surface area contributed by atoms with Crippen molar-refractivity contribution in [1.82, 2.24) is 5.32 Å². The topological polar surface area (TPSA) is 99.7 Å². The number of hydrogen-bond donors (Lipinski definition) is 4. The predicted molar refractivity (Wildman–Crippen MR) is 78.6 cm³/mol. The average molecular weight is 329 g/mol. The third-order valence-corrected chi connectivity index (χ3v) is 2.60. The number of rotatable bonds is 2. The minimum atomic E-state index is -0.359. The number of nitrogens with zero attached hydrogens (tertiary/aromatic N) is 1. The van der Waals surface area contributed by atoms with Crippen LogP contribution in [-0.2, 0) is 0 Å².